The van der Waals surface area contributed by atoms with E-state index in [0.29, 0.717) is 6.42 Å². The molecule has 0 aliphatic carbocycles. The molecule has 9 heteroatoms. The molecule has 0 radical (unpaired) electrons. The number of nitrogens with one attached hydrogen (secondary N) is 2. The van der Waals surface area contributed by atoms with Gasteiger partial charge in [-0.1, -0.05) is 13.3 Å². The summed E-state index contributed by atoms with van der Waals surface area (Å²) in [5.41, 5.74) is 4.94. The zero-order valence-electron chi connectivity index (χ0n) is 12.7. The van der Waals surface area contributed by atoms with Crippen LogP contribution in [0.1, 0.15) is 26.7 Å². The van der Waals surface area contributed by atoms with Crippen LogP contribution in [-0.4, -0.2) is 37.9 Å². The number of pyridine rings is 1. The monoisotopic (exact) mass is 350 g/mol. The van der Waals surface area contributed by atoms with Crippen molar-refractivity contribution in [2.45, 2.75) is 37.1 Å². The number of carbonyl (C=O) groups is 1. The van der Waals surface area contributed by atoms with E-state index in [4.69, 9.17) is 5.73 Å². The Morgan fingerprint density at radius 2 is 2.09 bits per heavy atom. The molecule has 0 saturated carbocycles. The normalized spacial score (nSPS) is 13.8. The smallest absolute Gasteiger partial charge is 0.242 e. The molecule has 0 aromatic carbocycles. The molecular formula is C13H23ClN4O3S. The summed E-state index contributed by atoms with van der Waals surface area (Å²) in [5, 5.41) is 2.63. The predicted molar refractivity (Wildman–Crippen MR) is 87.2 cm³/mol. The quantitative estimate of drug-likeness (QED) is 0.588. The van der Waals surface area contributed by atoms with Crippen LogP contribution >= 0.6 is 12.4 Å². The van der Waals surface area contributed by atoms with E-state index >= 15 is 0 Å². The maximum Gasteiger partial charge on any atom is 0.242 e. The minimum absolute atomic E-state index is 0. The fourth-order valence-corrected chi connectivity index (χ4v) is 2.78. The van der Waals surface area contributed by atoms with Crippen molar-refractivity contribution in [3.8, 4) is 0 Å². The van der Waals surface area contributed by atoms with Crippen molar-refractivity contribution in [3.05, 3.63) is 24.5 Å². The highest BCUT2D eigenvalue weighted by Crippen LogP contribution is 2.08. The molecule has 1 rings (SSSR count). The standard InChI is InChI=1S/C13H22N4O3S.ClH/c1-3-6-13(2,14)12(18)16-8-9-17-21(19,20)11-5-4-7-15-10-11;/h4-5,7,10,17H,3,6,8-9,14H2,1-2H3,(H,16,18);1H. The largest absolute Gasteiger partial charge is 0.353 e. The van der Waals surface area contributed by atoms with Crippen LogP contribution in [-0.2, 0) is 14.8 Å². The van der Waals surface area contributed by atoms with Crippen LogP contribution in [0.2, 0.25) is 0 Å². The Hall–Kier alpha value is -1.22. The molecule has 1 heterocycles. The van der Waals surface area contributed by atoms with E-state index in [1.165, 1.54) is 18.5 Å². The van der Waals surface area contributed by atoms with E-state index in [9.17, 15) is 13.2 Å². The lowest BCUT2D eigenvalue weighted by Crippen LogP contribution is -2.52. The van der Waals surface area contributed by atoms with Crippen molar-refractivity contribution in [1.82, 2.24) is 15.0 Å². The number of sulfonamides is 1. The lowest BCUT2D eigenvalue weighted by Gasteiger charge is -2.22. The lowest BCUT2D eigenvalue weighted by molar-refractivity contribution is -0.126. The summed E-state index contributed by atoms with van der Waals surface area (Å²) >= 11 is 0. The van der Waals surface area contributed by atoms with Crippen molar-refractivity contribution in [1.29, 1.82) is 0 Å². The molecule has 1 unspecified atom stereocenters. The summed E-state index contributed by atoms with van der Waals surface area (Å²) in [6.07, 6.45) is 4.13. The number of nitrogens with two attached hydrogens (primary N) is 1. The molecule has 22 heavy (non-hydrogen) atoms. The second-order valence-electron chi connectivity index (χ2n) is 5.01. The molecule has 1 aromatic heterocycles. The van der Waals surface area contributed by atoms with Crippen molar-refractivity contribution >= 4 is 28.3 Å². The van der Waals surface area contributed by atoms with Crippen LogP contribution in [0.25, 0.3) is 0 Å². The van der Waals surface area contributed by atoms with Gasteiger partial charge >= 0.3 is 0 Å². The SMILES string of the molecule is CCCC(C)(N)C(=O)NCCNS(=O)(=O)c1cccnc1.Cl. The zero-order valence-corrected chi connectivity index (χ0v) is 14.3. The molecule has 4 N–H and O–H groups in total. The van der Waals surface area contributed by atoms with Gasteiger partial charge in [-0.2, -0.15) is 0 Å². The van der Waals surface area contributed by atoms with Gasteiger partial charge in [0.2, 0.25) is 15.9 Å². The summed E-state index contributed by atoms with van der Waals surface area (Å²) in [7, 11) is -3.60. The van der Waals surface area contributed by atoms with Crippen molar-refractivity contribution in [3.63, 3.8) is 0 Å². The summed E-state index contributed by atoms with van der Waals surface area (Å²) in [6, 6.07) is 2.99. The Balaban J connectivity index is 0.00000441. The molecule has 0 saturated heterocycles. The van der Waals surface area contributed by atoms with Gasteiger partial charge in [0.1, 0.15) is 4.90 Å². The number of halogens is 1. The van der Waals surface area contributed by atoms with Crippen LogP contribution < -0.4 is 15.8 Å². The van der Waals surface area contributed by atoms with Gasteiger partial charge in [0.25, 0.3) is 0 Å². The van der Waals surface area contributed by atoms with Crippen LogP contribution in [0.4, 0.5) is 0 Å². The minimum atomic E-state index is -3.60. The number of carbonyl (C=O) groups excluding carboxylic acids is 1. The van der Waals surface area contributed by atoms with Crippen LogP contribution in [0.5, 0.6) is 0 Å². The van der Waals surface area contributed by atoms with Gasteiger partial charge in [0.05, 0.1) is 5.54 Å². The lowest BCUT2D eigenvalue weighted by atomic mass is 9.97. The van der Waals surface area contributed by atoms with E-state index in [1.807, 2.05) is 6.92 Å². The molecule has 7 nitrogen and oxygen atoms in total. The maximum absolute atomic E-state index is 11.9. The topological polar surface area (TPSA) is 114 Å². The number of aromatic nitrogens is 1. The zero-order chi connectivity index (χ0) is 15.9. The fourth-order valence-electron chi connectivity index (χ4n) is 1.79. The summed E-state index contributed by atoms with van der Waals surface area (Å²) < 4.78 is 26.2. The van der Waals surface area contributed by atoms with Gasteiger partial charge in [0.15, 0.2) is 0 Å². The maximum atomic E-state index is 11.9. The highest BCUT2D eigenvalue weighted by atomic mass is 35.5. The molecule has 0 aliphatic rings. The van der Waals surface area contributed by atoms with Crippen molar-refractivity contribution < 1.29 is 13.2 Å². The molecule has 0 aliphatic heterocycles. The molecule has 126 valence electrons. The molecule has 0 fully saturated rings. The molecule has 0 spiro atoms. The second-order valence-corrected chi connectivity index (χ2v) is 6.78. The molecule has 0 bridgehead atoms. The minimum Gasteiger partial charge on any atom is -0.353 e. The van der Waals surface area contributed by atoms with E-state index in [0.717, 1.165) is 6.42 Å². The number of rotatable bonds is 8. The van der Waals surface area contributed by atoms with Crippen LogP contribution in [0.15, 0.2) is 29.4 Å². The second kappa shape index (κ2) is 9.04. The molecule has 1 atom stereocenters. The first-order chi connectivity index (χ1) is 9.79. The Kier molecular flexibility index (Phi) is 8.54. The highest BCUT2D eigenvalue weighted by Gasteiger charge is 2.26. The number of hydrogen-bond acceptors (Lipinski definition) is 5. The first kappa shape index (κ1) is 20.8. The fraction of sp³-hybridized carbons (Fsp3) is 0.538. The van der Waals surface area contributed by atoms with Crippen molar-refractivity contribution in [2.75, 3.05) is 13.1 Å². The van der Waals surface area contributed by atoms with Gasteiger partial charge < -0.3 is 11.1 Å². The average molecular weight is 351 g/mol. The highest BCUT2D eigenvalue weighted by molar-refractivity contribution is 7.89. The first-order valence-corrected chi connectivity index (χ1v) is 8.25. The van der Waals surface area contributed by atoms with E-state index in [2.05, 4.69) is 15.0 Å². The first-order valence-electron chi connectivity index (χ1n) is 6.76. The van der Waals surface area contributed by atoms with E-state index in [1.54, 1.807) is 13.0 Å². The third-order valence-corrected chi connectivity index (χ3v) is 4.38. The third kappa shape index (κ3) is 6.27. The summed E-state index contributed by atoms with van der Waals surface area (Å²) in [6.45, 7) is 3.87. The van der Waals surface area contributed by atoms with Crippen LogP contribution in [0.3, 0.4) is 0 Å². The Labute approximate surface area is 137 Å². The molecular weight excluding hydrogens is 328 g/mol. The Bertz CT molecular complexity index is 564. The van der Waals surface area contributed by atoms with E-state index in [-0.39, 0.29) is 36.3 Å². The number of amides is 1. The van der Waals surface area contributed by atoms with Gasteiger partial charge in [0, 0.05) is 25.5 Å². The summed E-state index contributed by atoms with van der Waals surface area (Å²) in [4.78, 5) is 15.7. The molecule has 1 amide bonds. The van der Waals surface area contributed by atoms with Crippen molar-refractivity contribution in [2.24, 2.45) is 5.73 Å². The van der Waals surface area contributed by atoms with Gasteiger partial charge in [-0.3, -0.25) is 9.78 Å². The van der Waals surface area contributed by atoms with E-state index < -0.39 is 15.6 Å². The van der Waals surface area contributed by atoms with Crippen LogP contribution in [0, 0.1) is 0 Å². The number of hydrogen-bond donors (Lipinski definition) is 3. The third-order valence-electron chi connectivity index (χ3n) is 2.94. The molecule has 1 aromatic rings. The van der Waals surface area contributed by atoms with Gasteiger partial charge in [-0.15, -0.1) is 12.4 Å². The van der Waals surface area contributed by atoms with Gasteiger partial charge in [-0.25, -0.2) is 13.1 Å². The van der Waals surface area contributed by atoms with Gasteiger partial charge in [-0.05, 0) is 25.5 Å². The Morgan fingerprint density at radius 1 is 1.41 bits per heavy atom. The average Bonchev–Trinajstić information content (AvgIpc) is 2.44. The predicted octanol–water partition coefficient (Wildman–Crippen LogP) is 0.415. The summed E-state index contributed by atoms with van der Waals surface area (Å²) in [5.74, 6) is -0.287. The number of nitrogens with zero attached hydrogens (tertiary/aromatic N) is 1. The Morgan fingerprint density at radius 3 is 2.64 bits per heavy atom.